The Balaban J connectivity index is 4.29. The number of hydrogen-bond acceptors (Lipinski definition) is 6. The van der Waals surface area contributed by atoms with Crippen molar-refractivity contribution in [2.45, 2.75) is 297 Å². The predicted molar refractivity (Wildman–Crippen MR) is 334 cm³/mol. The molecule has 0 aliphatic carbocycles. The van der Waals surface area contributed by atoms with Crippen molar-refractivity contribution in [3.05, 3.63) is 122 Å². The van der Waals surface area contributed by atoms with E-state index in [1.54, 1.807) is 0 Å². The van der Waals surface area contributed by atoms with Crippen LogP contribution in [0.2, 0.25) is 0 Å². The van der Waals surface area contributed by atoms with Crippen LogP contribution < -0.4 is 0 Å². The molecule has 0 radical (unpaired) electrons. The first kappa shape index (κ1) is 72.8. The normalized spacial score (nSPS) is 12.9. The minimum Gasteiger partial charge on any atom is -0.462 e. The minimum absolute atomic E-state index is 0.0869. The SMILES string of the molecule is CC/C=C\C/C=C\C/C=C\C/C=C\C/C=C\CCCCCCCCCCCCCC(=O)OCC(COC(=O)CCCCCCC/C=C\CCCC)OC(=O)CCCCCCCCCC/C=C\C/C=C\C/C=C\C/C=C\CC. The highest BCUT2D eigenvalue weighted by atomic mass is 16.6. The van der Waals surface area contributed by atoms with E-state index in [2.05, 4.69) is 142 Å². The lowest BCUT2D eigenvalue weighted by Crippen LogP contribution is -2.30. The fraction of sp³-hybridized carbons (Fsp3) is 0.676. The zero-order valence-electron chi connectivity index (χ0n) is 50.2. The van der Waals surface area contributed by atoms with Crippen LogP contribution in [0.1, 0.15) is 290 Å². The largest absolute Gasteiger partial charge is 0.462 e. The standard InChI is InChI=1S/C71H118O6/c1-4-7-10-13-16-19-22-24-26-28-30-32-33-34-35-36-37-39-40-42-44-46-49-52-55-58-61-64-70(73)76-67-68(66-75-69(72)63-60-57-54-51-48-21-18-15-12-9-6-3)77-71(74)65-62-59-56-53-50-47-45-43-41-38-31-29-27-25-23-20-17-14-11-8-5-2/h7-8,10-11,15-20,24-27,30-32,34-35,38,68H,4-6,9,12-14,21-23,28-29,33,36-37,39-67H2,1-3H3/b10-7-,11-8-,18-15-,19-16-,20-17-,26-24-,27-25-,32-30-,35-34-,38-31-. The second kappa shape index (κ2) is 64.3. The van der Waals surface area contributed by atoms with E-state index in [0.29, 0.717) is 19.3 Å². The zero-order chi connectivity index (χ0) is 55.7. The Morgan fingerprint density at radius 1 is 0.273 bits per heavy atom. The lowest BCUT2D eigenvalue weighted by Gasteiger charge is -2.18. The number of unbranched alkanes of at least 4 members (excludes halogenated alkanes) is 26. The fourth-order valence-corrected chi connectivity index (χ4v) is 8.68. The second-order valence-corrected chi connectivity index (χ2v) is 20.9. The molecule has 438 valence electrons. The van der Waals surface area contributed by atoms with Gasteiger partial charge in [0, 0.05) is 19.3 Å². The van der Waals surface area contributed by atoms with Gasteiger partial charge in [-0.15, -0.1) is 0 Å². The molecule has 77 heavy (non-hydrogen) atoms. The average molecular weight is 1070 g/mol. The van der Waals surface area contributed by atoms with Gasteiger partial charge in [0.15, 0.2) is 6.10 Å². The quantitative estimate of drug-likeness (QED) is 0.0261. The first-order chi connectivity index (χ1) is 38.0. The Kier molecular flexibility index (Phi) is 60.8. The Labute approximate surface area is 475 Å². The highest BCUT2D eigenvalue weighted by Crippen LogP contribution is 2.16. The van der Waals surface area contributed by atoms with Crippen LogP contribution in [-0.4, -0.2) is 37.2 Å². The van der Waals surface area contributed by atoms with Gasteiger partial charge >= 0.3 is 17.9 Å². The summed E-state index contributed by atoms with van der Waals surface area (Å²) in [7, 11) is 0. The van der Waals surface area contributed by atoms with Gasteiger partial charge in [0.05, 0.1) is 0 Å². The molecule has 0 amide bonds. The maximum absolute atomic E-state index is 12.9. The fourth-order valence-electron chi connectivity index (χ4n) is 8.68. The summed E-state index contributed by atoms with van der Waals surface area (Å²) in [5.74, 6) is -0.903. The summed E-state index contributed by atoms with van der Waals surface area (Å²) in [6.45, 7) is 6.37. The third-order valence-electron chi connectivity index (χ3n) is 13.4. The van der Waals surface area contributed by atoms with Crippen LogP contribution in [0.15, 0.2) is 122 Å². The summed E-state index contributed by atoms with van der Waals surface area (Å²) in [5.41, 5.74) is 0. The predicted octanol–water partition coefficient (Wildman–Crippen LogP) is 22.0. The van der Waals surface area contributed by atoms with Gasteiger partial charge in [0.2, 0.25) is 0 Å². The van der Waals surface area contributed by atoms with Crippen molar-refractivity contribution >= 4 is 17.9 Å². The van der Waals surface area contributed by atoms with Crippen molar-refractivity contribution in [2.75, 3.05) is 13.2 Å². The van der Waals surface area contributed by atoms with Crippen LogP contribution in [0, 0.1) is 0 Å². The summed E-state index contributed by atoms with van der Waals surface area (Å²) >= 11 is 0. The molecule has 0 N–H and O–H groups in total. The summed E-state index contributed by atoms with van der Waals surface area (Å²) in [6, 6.07) is 0. The Bertz CT molecular complexity index is 1600. The van der Waals surface area contributed by atoms with Crippen molar-refractivity contribution in [1.29, 1.82) is 0 Å². The molecular weight excluding hydrogens is 949 g/mol. The van der Waals surface area contributed by atoms with Gasteiger partial charge in [-0.3, -0.25) is 14.4 Å². The van der Waals surface area contributed by atoms with E-state index in [0.717, 1.165) is 128 Å². The second-order valence-electron chi connectivity index (χ2n) is 20.9. The molecule has 0 saturated carbocycles. The number of carbonyl (C=O) groups excluding carboxylic acids is 3. The Morgan fingerprint density at radius 2 is 0.506 bits per heavy atom. The molecule has 1 unspecified atom stereocenters. The van der Waals surface area contributed by atoms with Crippen LogP contribution >= 0.6 is 0 Å². The molecule has 0 spiro atoms. The lowest BCUT2D eigenvalue weighted by molar-refractivity contribution is -0.167. The topological polar surface area (TPSA) is 78.9 Å². The van der Waals surface area contributed by atoms with E-state index in [1.807, 2.05) is 0 Å². The molecule has 6 heteroatoms. The van der Waals surface area contributed by atoms with E-state index < -0.39 is 6.10 Å². The maximum atomic E-state index is 12.9. The monoisotopic (exact) mass is 1070 g/mol. The number of allylic oxidation sites excluding steroid dienone is 20. The third-order valence-corrected chi connectivity index (χ3v) is 13.4. The summed E-state index contributed by atoms with van der Waals surface area (Å²) in [4.78, 5) is 38.3. The summed E-state index contributed by atoms with van der Waals surface area (Å²) < 4.78 is 16.9. The van der Waals surface area contributed by atoms with E-state index >= 15 is 0 Å². The highest BCUT2D eigenvalue weighted by Gasteiger charge is 2.19. The van der Waals surface area contributed by atoms with E-state index in [9.17, 15) is 14.4 Å². The molecule has 0 aromatic carbocycles. The Morgan fingerprint density at radius 3 is 0.805 bits per heavy atom. The number of hydrogen-bond donors (Lipinski definition) is 0. The van der Waals surface area contributed by atoms with Crippen LogP contribution in [0.5, 0.6) is 0 Å². The first-order valence-electron chi connectivity index (χ1n) is 32.0. The molecular formula is C71H118O6. The number of carbonyl (C=O) groups is 3. The van der Waals surface area contributed by atoms with Crippen LogP contribution in [0.4, 0.5) is 0 Å². The molecule has 0 rings (SSSR count). The summed E-state index contributed by atoms with van der Waals surface area (Å²) in [5, 5.41) is 0. The molecule has 0 fully saturated rings. The first-order valence-corrected chi connectivity index (χ1v) is 32.0. The van der Waals surface area contributed by atoms with Crippen LogP contribution in [-0.2, 0) is 28.6 Å². The smallest absolute Gasteiger partial charge is 0.306 e. The van der Waals surface area contributed by atoms with Crippen molar-refractivity contribution < 1.29 is 28.6 Å². The van der Waals surface area contributed by atoms with Gasteiger partial charge in [0.25, 0.3) is 0 Å². The van der Waals surface area contributed by atoms with Gasteiger partial charge < -0.3 is 14.2 Å². The highest BCUT2D eigenvalue weighted by molar-refractivity contribution is 5.71. The molecule has 0 aliphatic rings. The zero-order valence-corrected chi connectivity index (χ0v) is 50.2. The number of ether oxygens (including phenoxy) is 3. The van der Waals surface area contributed by atoms with Crippen LogP contribution in [0.25, 0.3) is 0 Å². The van der Waals surface area contributed by atoms with Gasteiger partial charge in [-0.05, 0) is 122 Å². The molecule has 1 atom stereocenters. The average Bonchev–Trinajstić information content (AvgIpc) is 3.43. The van der Waals surface area contributed by atoms with Crippen molar-refractivity contribution in [2.24, 2.45) is 0 Å². The molecule has 6 nitrogen and oxygen atoms in total. The Hall–Kier alpha value is -4.19. The van der Waals surface area contributed by atoms with Gasteiger partial charge in [-0.1, -0.05) is 271 Å². The van der Waals surface area contributed by atoms with E-state index in [-0.39, 0.29) is 31.1 Å². The molecule has 0 aromatic rings. The van der Waals surface area contributed by atoms with Gasteiger partial charge in [0.1, 0.15) is 13.2 Å². The molecule has 0 aliphatic heterocycles. The van der Waals surface area contributed by atoms with Gasteiger partial charge in [-0.25, -0.2) is 0 Å². The van der Waals surface area contributed by atoms with Crippen LogP contribution in [0.3, 0.4) is 0 Å². The minimum atomic E-state index is -0.790. The number of esters is 3. The molecule has 0 aromatic heterocycles. The maximum Gasteiger partial charge on any atom is 0.306 e. The van der Waals surface area contributed by atoms with Crippen molar-refractivity contribution in [1.82, 2.24) is 0 Å². The third kappa shape index (κ3) is 62.5. The summed E-state index contributed by atoms with van der Waals surface area (Å²) in [6.07, 6.45) is 89.2. The molecule has 0 saturated heterocycles. The molecule has 0 bridgehead atoms. The lowest BCUT2D eigenvalue weighted by atomic mass is 10.0. The van der Waals surface area contributed by atoms with Crippen molar-refractivity contribution in [3.63, 3.8) is 0 Å². The van der Waals surface area contributed by atoms with E-state index in [1.165, 1.54) is 122 Å². The van der Waals surface area contributed by atoms with E-state index in [4.69, 9.17) is 14.2 Å². The number of rotatable bonds is 57. The van der Waals surface area contributed by atoms with Crippen molar-refractivity contribution in [3.8, 4) is 0 Å². The van der Waals surface area contributed by atoms with Gasteiger partial charge in [-0.2, -0.15) is 0 Å². The molecule has 0 heterocycles.